The van der Waals surface area contributed by atoms with Gasteiger partial charge >= 0.3 is 0 Å². The van der Waals surface area contributed by atoms with E-state index in [1.54, 1.807) is 0 Å². The minimum absolute atomic E-state index is 0.224. The fourth-order valence-electron chi connectivity index (χ4n) is 2.85. The van der Waals surface area contributed by atoms with Gasteiger partial charge < -0.3 is 38.3 Å². The predicted molar refractivity (Wildman–Crippen MR) is 130 cm³/mol. The van der Waals surface area contributed by atoms with E-state index in [-0.39, 0.29) is 13.2 Å². The summed E-state index contributed by atoms with van der Waals surface area (Å²) in [7, 11) is 0. The molecule has 1 N–H and O–H groups in total. The molecule has 0 heterocycles. The number of aliphatic hydroxyl groups excluding tert-OH is 1. The lowest BCUT2D eigenvalue weighted by Crippen LogP contribution is -2.24. The van der Waals surface area contributed by atoms with Gasteiger partial charge in [-0.3, -0.25) is 0 Å². The first kappa shape index (κ1) is 32.7. The highest BCUT2D eigenvalue weighted by Gasteiger charge is 2.04. The molecule has 0 aliphatic carbocycles. The van der Waals surface area contributed by atoms with Gasteiger partial charge in [0.1, 0.15) is 6.10 Å². The molecule has 0 saturated carbocycles. The minimum Gasteiger partial charge on any atom is -0.388 e. The maximum atomic E-state index is 9.83. The summed E-state index contributed by atoms with van der Waals surface area (Å²) in [6, 6.07) is 0. The van der Waals surface area contributed by atoms with Crippen LogP contribution in [0.25, 0.3) is 0 Å². The number of hydrogen-bond acceptors (Lipinski definition) is 8. The second-order valence-electron chi connectivity index (χ2n) is 7.99. The standard InChI is InChI=1S/C25H52O8/c1-3-5-7-9-11-27-13-15-29-17-18-31-20-22-33-24-25(26)23-32-21-19-30-16-14-28-12-10-8-6-4-2/h25-26H,3-24H2,1-2H3/t25-/m1/s1. The molecule has 0 aromatic heterocycles. The molecule has 0 amide bonds. The van der Waals surface area contributed by atoms with Crippen molar-refractivity contribution in [1.29, 1.82) is 0 Å². The molecule has 0 aliphatic heterocycles. The largest absolute Gasteiger partial charge is 0.388 e. The average Bonchev–Trinajstić information content (AvgIpc) is 2.82. The molecule has 33 heavy (non-hydrogen) atoms. The van der Waals surface area contributed by atoms with Crippen LogP contribution in [0.1, 0.15) is 65.2 Å². The molecular formula is C25H52O8. The summed E-state index contributed by atoms with van der Waals surface area (Å²) in [6.45, 7) is 11.8. The van der Waals surface area contributed by atoms with Gasteiger partial charge in [-0.05, 0) is 12.8 Å². The third-order valence-electron chi connectivity index (χ3n) is 4.76. The van der Waals surface area contributed by atoms with Crippen molar-refractivity contribution in [3.05, 3.63) is 0 Å². The summed E-state index contributed by atoms with van der Waals surface area (Å²) in [5.74, 6) is 0. The monoisotopic (exact) mass is 480 g/mol. The molecule has 0 aliphatic rings. The van der Waals surface area contributed by atoms with E-state index in [0.717, 1.165) is 26.1 Å². The summed E-state index contributed by atoms with van der Waals surface area (Å²) in [6.07, 6.45) is 9.10. The van der Waals surface area contributed by atoms with Gasteiger partial charge in [-0.1, -0.05) is 52.4 Å². The zero-order valence-electron chi connectivity index (χ0n) is 21.4. The summed E-state index contributed by atoms with van der Waals surface area (Å²) < 4.78 is 38.1. The molecule has 0 fully saturated rings. The van der Waals surface area contributed by atoms with Gasteiger partial charge in [0, 0.05) is 13.2 Å². The lowest BCUT2D eigenvalue weighted by Gasteiger charge is -2.12. The fourth-order valence-corrected chi connectivity index (χ4v) is 2.85. The summed E-state index contributed by atoms with van der Waals surface area (Å²) in [5, 5.41) is 9.83. The normalized spacial score (nSPS) is 12.5. The van der Waals surface area contributed by atoms with E-state index in [9.17, 15) is 5.11 Å². The Balaban J connectivity index is 3.13. The third-order valence-corrected chi connectivity index (χ3v) is 4.76. The number of ether oxygens (including phenoxy) is 7. The first-order valence-corrected chi connectivity index (χ1v) is 13.0. The van der Waals surface area contributed by atoms with Gasteiger partial charge in [-0.25, -0.2) is 0 Å². The van der Waals surface area contributed by atoms with Crippen LogP contribution >= 0.6 is 0 Å². The lowest BCUT2D eigenvalue weighted by molar-refractivity contribution is -0.0479. The van der Waals surface area contributed by atoms with Gasteiger partial charge in [0.2, 0.25) is 0 Å². The van der Waals surface area contributed by atoms with Crippen molar-refractivity contribution >= 4 is 0 Å². The Hall–Kier alpha value is -0.320. The lowest BCUT2D eigenvalue weighted by atomic mass is 10.2. The third kappa shape index (κ3) is 29.6. The maximum Gasteiger partial charge on any atom is 0.101 e. The highest BCUT2D eigenvalue weighted by atomic mass is 16.6. The highest BCUT2D eigenvalue weighted by molar-refractivity contribution is 4.51. The number of unbranched alkanes of at least 4 members (excludes halogenated alkanes) is 6. The molecule has 0 aromatic rings. The quantitative estimate of drug-likeness (QED) is 0.163. The topological polar surface area (TPSA) is 84.8 Å². The van der Waals surface area contributed by atoms with E-state index < -0.39 is 6.10 Å². The summed E-state index contributed by atoms with van der Waals surface area (Å²) >= 11 is 0. The van der Waals surface area contributed by atoms with Crippen LogP contribution < -0.4 is 0 Å². The van der Waals surface area contributed by atoms with E-state index in [2.05, 4.69) is 13.8 Å². The van der Waals surface area contributed by atoms with E-state index >= 15 is 0 Å². The van der Waals surface area contributed by atoms with Crippen LogP contribution in [0.5, 0.6) is 0 Å². The van der Waals surface area contributed by atoms with Crippen molar-refractivity contribution in [2.75, 3.05) is 92.5 Å². The molecule has 1 atom stereocenters. The van der Waals surface area contributed by atoms with Gasteiger partial charge in [-0.15, -0.1) is 0 Å². The second-order valence-corrected chi connectivity index (χ2v) is 7.99. The molecule has 8 nitrogen and oxygen atoms in total. The minimum atomic E-state index is -0.651. The smallest absolute Gasteiger partial charge is 0.101 e. The Morgan fingerprint density at radius 2 is 0.697 bits per heavy atom. The fraction of sp³-hybridized carbons (Fsp3) is 1.00. The second kappa shape index (κ2) is 29.7. The zero-order chi connectivity index (χ0) is 24.1. The van der Waals surface area contributed by atoms with Crippen molar-refractivity contribution < 1.29 is 38.3 Å². The molecule has 0 bridgehead atoms. The van der Waals surface area contributed by atoms with Gasteiger partial charge in [0.25, 0.3) is 0 Å². The molecule has 0 spiro atoms. The Morgan fingerprint density at radius 1 is 0.394 bits per heavy atom. The highest BCUT2D eigenvalue weighted by Crippen LogP contribution is 1.99. The van der Waals surface area contributed by atoms with E-state index in [0.29, 0.717) is 66.1 Å². The van der Waals surface area contributed by atoms with Crippen LogP contribution in [-0.4, -0.2) is 104 Å². The number of hydrogen-bond donors (Lipinski definition) is 1. The van der Waals surface area contributed by atoms with E-state index in [1.807, 2.05) is 0 Å². The van der Waals surface area contributed by atoms with E-state index in [4.69, 9.17) is 33.2 Å². The van der Waals surface area contributed by atoms with Crippen LogP contribution in [0.3, 0.4) is 0 Å². The average molecular weight is 481 g/mol. The summed E-state index contributed by atoms with van der Waals surface area (Å²) in [4.78, 5) is 0. The number of aliphatic hydroxyl groups is 1. The zero-order valence-corrected chi connectivity index (χ0v) is 21.4. The molecule has 0 unspecified atom stereocenters. The molecule has 8 heteroatoms. The van der Waals surface area contributed by atoms with E-state index in [1.165, 1.54) is 38.5 Å². The molecular weight excluding hydrogens is 428 g/mol. The predicted octanol–water partition coefficient (Wildman–Crippen LogP) is 3.62. The van der Waals surface area contributed by atoms with Crippen LogP contribution in [0.2, 0.25) is 0 Å². The van der Waals surface area contributed by atoms with Crippen molar-refractivity contribution in [2.24, 2.45) is 0 Å². The van der Waals surface area contributed by atoms with Gasteiger partial charge in [-0.2, -0.15) is 0 Å². The molecule has 200 valence electrons. The van der Waals surface area contributed by atoms with Crippen LogP contribution in [0.15, 0.2) is 0 Å². The van der Waals surface area contributed by atoms with Crippen LogP contribution in [-0.2, 0) is 33.2 Å². The van der Waals surface area contributed by atoms with Crippen molar-refractivity contribution in [2.45, 2.75) is 71.3 Å². The van der Waals surface area contributed by atoms with Crippen molar-refractivity contribution in [1.82, 2.24) is 0 Å². The maximum absolute atomic E-state index is 9.83. The Kier molecular flexibility index (Phi) is 29.4. The van der Waals surface area contributed by atoms with Crippen LogP contribution in [0, 0.1) is 0 Å². The van der Waals surface area contributed by atoms with Crippen molar-refractivity contribution in [3.63, 3.8) is 0 Å². The van der Waals surface area contributed by atoms with Crippen molar-refractivity contribution in [3.8, 4) is 0 Å². The number of rotatable bonds is 29. The Labute approximate surface area is 202 Å². The van der Waals surface area contributed by atoms with Gasteiger partial charge in [0.05, 0.1) is 79.3 Å². The Bertz CT molecular complexity index is 346. The first-order valence-electron chi connectivity index (χ1n) is 13.0. The van der Waals surface area contributed by atoms with Gasteiger partial charge in [0.15, 0.2) is 0 Å². The summed E-state index contributed by atoms with van der Waals surface area (Å²) in [5.41, 5.74) is 0. The first-order chi connectivity index (χ1) is 16.3. The molecule has 0 radical (unpaired) electrons. The van der Waals surface area contributed by atoms with Crippen LogP contribution in [0.4, 0.5) is 0 Å². The SMILES string of the molecule is CCCCCCOCCOCCOCCOC[C@H](O)COCCOCCOCCCCCC. The molecule has 0 saturated heterocycles. The molecule has 0 rings (SSSR count). The Morgan fingerprint density at radius 3 is 1.03 bits per heavy atom. The molecule has 0 aromatic carbocycles.